The van der Waals surface area contributed by atoms with Crippen LogP contribution in [0.1, 0.15) is 35.9 Å². The number of amides is 1. The fourth-order valence-electron chi connectivity index (χ4n) is 5.13. The van der Waals surface area contributed by atoms with Gasteiger partial charge in [0.1, 0.15) is 17.0 Å². The smallest absolute Gasteiger partial charge is 0.287 e. The number of imidazole rings is 1. The van der Waals surface area contributed by atoms with Crippen molar-refractivity contribution in [2.75, 3.05) is 20.6 Å². The van der Waals surface area contributed by atoms with E-state index in [-0.39, 0.29) is 13.0 Å². The molecule has 0 bridgehead atoms. The van der Waals surface area contributed by atoms with Crippen LogP contribution in [-0.4, -0.2) is 74.1 Å². The number of benzene rings is 1. The van der Waals surface area contributed by atoms with Crippen LogP contribution >= 0.6 is 0 Å². The third-order valence-electron chi connectivity index (χ3n) is 7.18. The largest absolute Gasteiger partial charge is 0.345 e. The summed E-state index contributed by atoms with van der Waals surface area (Å²) >= 11 is 0. The predicted octanol–water partition coefficient (Wildman–Crippen LogP) is 4.43. The number of nitrogens with zero attached hydrogens (tertiary/aromatic N) is 7. The lowest BCUT2D eigenvalue weighted by Gasteiger charge is -2.11. The summed E-state index contributed by atoms with van der Waals surface area (Å²) in [4.78, 5) is 56.9. The maximum atomic E-state index is 14.8. The van der Waals surface area contributed by atoms with Crippen LogP contribution in [0.5, 0.6) is 0 Å². The fraction of sp³-hybridized carbons (Fsp3) is 0.212. The normalized spacial score (nSPS) is 12.6. The van der Waals surface area contributed by atoms with Gasteiger partial charge in [-0.15, -0.1) is 0 Å². The molecule has 5 aromatic rings. The zero-order valence-corrected chi connectivity index (χ0v) is 25.0. The summed E-state index contributed by atoms with van der Waals surface area (Å²) in [5.41, 5.74) is 6.77. The number of Topliss-reactive ketones (excluding diaryl/α,β-unsaturated/α-hetero) is 1. The van der Waals surface area contributed by atoms with Gasteiger partial charge in [-0.2, -0.15) is 0 Å². The number of carbonyl (C=O) groups excluding carboxylic acids is 2. The highest BCUT2D eigenvalue weighted by Crippen LogP contribution is 2.31. The van der Waals surface area contributed by atoms with Gasteiger partial charge in [0.15, 0.2) is 11.6 Å². The van der Waals surface area contributed by atoms with Crippen molar-refractivity contribution in [2.24, 2.45) is 9.98 Å². The van der Waals surface area contributed by atoms with Crippen molar-refractivity contribution in [3.63, 3.8) is 0 Å². The zero-order valence-electron chi connectivity index (χ0n) is 25.0. The van der Waals surface area contributed by atoms with Crippen molar-refractivity contribution in [1.29, 1.82) is 0 Å². The molecule has 6 rings (SSSR count). The second-order valence-electron chi connectivity index (χ2n) is 10.9. The van der Waals surface area contributed by atoms with E-state index in [0.29, 0.717) is 57.3 Å². The zero-order chi connectivity index (χ0) is 31.5. The van der Waals surface area contributed by atoms with Crippen LogP contribution in [0.3, 0.4) is 0 Å². The highest BCUT2D eigenvalue weighted by molar-refractivity contribution is 6.36. The number of nitrogens with one attached hydrogen (secondary N) is 2. The lowest BCUT2D eigenvalue weighted by molar-refractivity contribution is -0.137. The Morgan fingerprint density at radius 2 is 1.82 bits per heavy atom. The molecular formula is C33H30FN9O2. The number of fused-ring (bicyclic) bond motifs is 2. The van der Waals surface area contributed by atoms with E-state index in [0.717, 1.165) is 23.2 Å². The molecule has 11 nitrogen and oxygen atoms in total. The van der Waals surface area contributed by atoms with Gasteiger partial charge in [-0.3, -0.25) is 24.5 Å². The molecule has 2 N–H and O–H groups in total. The highest BCUT2D eigenvalue weighted by Gasteiger charge is 2.21. The topological polar surface area (TPSA) is 141 Å². The quantitative estimate of drug-likeness (QED) is 0.238. The maximum absolute atomic E-state index is 14.8. The number of rotatable bonds is 9. The number of halogens is 1. The van der Waals surface area contributed by atoms with Crippen LogP contribution in [-0.2, 0) is 22.7 Å². The Hall–Kier alpha value is -5.49. The average Bonchev–Trinajstić information content (AvgIpc) is 3.36. The molecule has 1 aromatic carbocycles. The van der Waals surface area contributed by atoms with E-state index in [9.17, 15) is 14.0 Å². The Morgan fingerprint density at radius 3 is 2.64 bits per heavy atom. The van der Waals surface area contributed by atoms with E-state index < -0.39 is 17.5 Å². The first-order chi connectivity index (χ1) is 21.8. The van der Waals surface area contributed by atoms with Gasteiger partial charge in [0, 0.05) is 72.8 Å². The number of hydrogen-bond acceptors (Lipinski definition) is 9. The van der Waals surface area contributed by atoms with Gasteiger partial charge in [0.2, 0.25) is 5.78 Å². The average molecular weight is 604 g/mol. The Bertz CT molecular complexity index is 2000. The second-order valence-corrected chi connectivity index (χ2v) is 10.9. The Kier molecular flexibility index (Phi) is 8.30. The molecule has 4 aromatic heterocycles. The minimum atomic E-state index is -0.705. The van der Waals surface area contributed by atoms with Crippen LogP contribution in [0, 0.1) is 5.82 Å². The molecule has 0 unspecified atom stereocenters. The molecule has 1 aliphatic rings. The predicted molar refractivity (Wildman–Crippen MR) is 170 cm³/mol. The van der Waals surface area contributed by atoms with Crippen molar-refractivity contribution >= 4 is 40.5 Å². The van der Waals surface area contributed by atoms with Crippen molar-refractivity contribution in [3.05, 3.63) is 89.5 Å². The first-order valence-electron chi connectivity index (χ1n) is 14.4. The number of ketones is 1. The van der Waals surface area contributed by atoms with Crippen LogP contribution in [0.25, 0.3) is 33.4 Å². The monoisotopic (exact) mass is 603 g/mol. The van der Waals surface area contributed by atoms with Gasteiger partial charge in [-0.1, -0.05) is 6.92 Å². The summed E-state index contributed by atoms with van der Waals surface area (Å²) in [6.45, 7) is 2.69. The van der Waals surface area contributed by atoms with Gasteiger partial charge in [-0.25, -0.2) is 19.4 Å². The molecule has 0 saturated carbocycles. The molecule has 0 fully saturated rings. The van der Waals surface area contributed by atoms with Gasteiger partial charge in [0.25, 0.3) is 5.91 Å². The summed E-state index contributed by atoms with van der Waals surface area (Å²) in [6, 6.07) is 10.3. The minimum Gasteiger partial charge on any atom is -0.345 e. The van der Waals surface area contributed by atoms with Gasteiger partial charge < -0.3 is 15.2 Å². The number of carbonyl (C=O) groups is 2. The van der Waals surface area contributed by atoms with Gasteiger partial charge >= 0.3 is 0 Å². The van der Waals surface area contributed by atoms with E-state index in [2.05, 4.69) is 41.2 Å². The van der Waals surface area contributed by atoms with Crippen LogP contribution in [0.2, 0.25) is 0 Å². The summed E-state index contributed by atoms with van der Waals surface area (Å²) in [6.07, 6.45) is 8.84. The summed E-state index contributed by atoms with van der Waals surface area (Å²) in [7, 11) is 4.02. The van der Waals surface area contributed by atoms with E-state index in [1.165, 1.54) is 12.1 Å². The molecule has 5 heterocycles. The van der Waals surface area contributed by atoms with Crippen molar-refractivity contribution < 1.29 is 14.0 Å². The van der Waals surface area contributed by atoms with Crippen molar-refractivity contribution in [3.8, 4) is 22.4 Å². The van der Waals surface area contributed by atoms with Crippen molar-refractivity contribution in [2.45, 2.75) is 26.4 Å². The molecule has 1 amide bonds. The third-order valence-corrected chi connectivity index (χ3v) is 7.18. The summed E-state index contributed by atoms with van der Waals surface area (Å²) in [5.74, 6) is -0.734. The van der Waals surface area contributed by atoms with E-state index in [4.69, 9.17) is 9.98 Å². The summed E-state index contributed by atoms with van der Waals surface area (Å²) in [5, 5.41) is 2.55. The first-order valence-corrected chi connectivity index (χ1v) is 14.4. The Balaban J connectivity index is 1.37. The summed E-state index contributed by atoms with van der Waals surface area (Å²) < 4.78 is 14.8. The number of aromatic amines is 1. The number of pyridine rings is 3. The molecule has 12 heteroatoms. The molecule has 0 saturated heterocycles. The number of aliphatic imine (C=N–C) groups is 2. The maximum Gasteiger partial charge on any atom is 0.287 e. The SMILES string of the molecule is CCC(=O)C(=O)NCc1cc(F)cc(-c2nccc3[nH]c(C4=NCC=Nc5ncc(-c6cncc(CN(C)C)c6)cc54)nc23)c1. The molecule has 45 heavy (non-hydrogen) atoms. The highest BCUT2D eigenvalue weighted by atomic mass is 19.1. The lowest BCUT2D eigenvalue weighted by atomic mass is 10.0. The molecule has 0 aliphatic carbocycles. The Morgan fingerprint density at radius 1 is 1.00 bits per heavy atom. The van der Waals surface area contributed by atoms with Crippen LogP contribution < -0.4 is 5.32 Å². The number of aromatic nitrogens is 5. The van der Waals surface area contributed by atoms with Crippen molar-refractivity contribution in [1.82, 2.24) is 35.1 Å². The number of H-pyrrole nitrogens is 1. The minimum absolute atomic E-state index is 0.00633. The standard InChI is InChI=1S/C33H30FN9O2/c1-4-27(44)33(45)40-15-19-9-21(12-24(34)11-19)28-30-26(5-6-36-28)41-32(42-30)29-25-13-23(17-39-31(25)38-8-7-37-29)22-10-20(14-35-16-22)18-43(2)3/h5-6,8-14,16-17H,4,7,15,18H2,1-3H3,(H,40,45)(H,41,42). The van der Waals surface area contributed by atoms with E-state index >= 15 is 0 Å². The van der Waals surface area contributed by atoms with Gasteiger partial charge in [-0.05, 0) is 61.6 Å². The van der Waals surface area contributed by atoms with E-state index in [1.54, 1.807) is 43.9 Å². The molecule has 0 spiro atoms. The Labute approximate surface area is 258 Å². The second kappa shape index (κ2) is 12.6. The fourth-order valence-corrected chi connectivity index (χ4v) is 5.13. The molecule has 226 valence electrons. The molecule has 0 atom stereocenters. The third kappa shape index (κ3) is 6.41. The lowest BCUT2D eigenvalue weighted by Crippen LogP contribution is -2.29. The van der Waals surface area contributed by atoms with E-state index in [1.807, 2.05) is 26.4 Å². The van der Waals surface area contributed by atoms with Crippen LogP contribution in [0.4, 0.5) is 10.2 Å². The van der Waals surface area contributed by atoms with Crippen LogP contribution in [0.15, 0.2) is 71.2 Å². The molecule has 1 aliphatic heterocycles. The molecular weight excluding hydrogens is 573 g/mol. The number of hydrogen-bond donors (Lipinski definition) is 2. The first kappa shape index (κ1) is 29.6. The molecule has 0 radical (unpaired) electrons. The van der Waals surface area contributed by atoms with Gasteiger partial charge in [0.05, 0.1) is 17.8 Å².